The Morgan fingerprint density at radius 1 is 1.30 bits per heavy atom. The van der Waals surface area contributed by atoms with Crippen LogP contribution in [0.4, 0.5) is 5.82 Å². The molecule has 1 saturated heterocycles. The monoisotopic (exact) mass is 326 g/mol. The number of aliphatic hydroxyl groups excluding tert-OH is 2. The summed E-state index contributed by atoms with van der Waals surface area (Å²) in [6, 6.07) is 0. The van der Waals surface area contributed by atoms with Gasteiger partial charge in [-0.05, 0) is 0 Å². The zero-order chi connectivity index (χ0) is 16.0. The number of imidazole rings is 1. The van der Waals surface area contributed by atoms with Crippen molar-refractivity contribution in [1.29, 1.82) is 0 Å². The van der Waals surface area contributed by atoms with Crippen LogP contribution in [0.2, 0.25) is 0 Å². The van der Waals surface area contributed by atoms with Gasteiger partial charge in [-0.2, -0.15) is 0 Å². The van der Waals surface area contributed by atoms with Crippen LogP contribution in [0.15, 0.2) is 12.7 Å². The molecule has 2 aromatic rings. The SMILES string of the molecule is CN(C)C(=O)[C@H]1OC(n2cnc3c(N)ncnc32)[C@H](O)[C@@H]1O.O. The van der Waals surface area contributed by atoms with E-state index in [-0.39, 0.29) is 11.3 Å². The summed E-state index contributed by atoms with van der Waals surface area (Å²) < 4.78 is 6.95. The number of anilines is 1. The minimum atomic E-state index is -1.35. The molecule has 1 aliphatic rings. The number of aromatic nitrogens is 4. The van der Waals surface area contributed by atoms with Gasteiger partial charge in [0.15, 0.2) is 23.8 Å². The molecule has 0 aliphatic carbocycles. The number of nitrogen functional groups attached to an aromatic ring is 1. The molecule has 1 unspecified atom stereocenters. The third kappa shape index (κ3) is 2.59. The fourth-order valence-electron chi connectivity index (χ4n) is 2.40. The van der Waals surface area contributed by atoms with Crippen molar-refractivity contribution < 1.29 is 25.2 Å². The first kappa shape index (κ1) is 17.0. The van der Waals surface area contributed by atoms with Gasteiger partial charge in [-0.15, -0.1) is 0 Å². The molecular weight excluding hydrogens is 308 g/mol. The number of likely N-dealkylation sites (N-methyl/N-ethyl adjacent to an activating group) is 1. The fourth-order valence-corrected chi connectivity index (χ4v) is 2.40. The lowest BCUT2D eigenvalue weighted by Crippen LogP contribution is -2.42. The Morgan fingerprint density at radius 3 is 2.65 bits per heavy atom. The van der Waals surface area contributed by atoms with Gasteiger partial charge in [0.2, 0.25) is 0 Å². The van der Waals surface area contributed by atoms with E-state index in [0.717, 1.165) is 0 Å². The van der Waals surface area contributed by atoms with Crippen molar-refractivity contribution in [2.75, 3.05) is 19.8 Å². The molecule has 2 aromatic heterocycles. The lowest BCUT2D eigenvalue weighted by atomic mass is 10.1. The number of fused-ring (bicyclic) bond motifs is 1. The molecule has 4 atom stereocenters. The van der Waals surface area contributed by atoms with E-state index < -0.39 is 30.4 Å². The first-order chi connectivity index (χ1) is 10.4. The topological polar surface area (TPSA) is 171 Å². The van der Waals surface area contributed by atoms with E-state index in [1.165, 1.54) is 22.1 Å². The lowest BCUT2D eigenvalue weighted by molar-refractivity contribution is -0.145. The van der Waals surface area contributed by atoms with E-state index >= 15 is 0 Å². The van der Waals surface area contributed by atoms with Crippen molar-refractivity contribution in [3.63, 3.8) is 0 Å². The molecule has 23 heavy (non-hydrogen) atoms. The Kier molecular flexibility index (Phi) is 4.47. The van der Waals surface area contributed by atoms with Crippen LogP contribution in [0.25, 0.3) is 11.2 Å². The van der Waals surface area contributed by atoms with Crippen molar-refractivity contribution >= 4 is 22.9 Å². The number of hydrogen-bond acceptors (Lipinski definition) is 8. The van der Waals surface area contributed by atoms with Crippen molar-refractivity contribution in [3.8, 4) is 0 Å². The van der Waals surface area contributed by atoms with Crippen LogP contribution < -0.4 is 5.73 Å². The van der Waals surface area contributed by atoms with Crippen molar-refractivity contribution in [2.24, 2.45) is 0 Å². The van der Waals surface area contributed by atoms with Crippen LogP contribution in [0.1, 0.15) is 6.23 Å². The minimum absolute atomic E-state index is 0. The largest absolute Gasteiger partial charge is 0.412 e. The minimum Gasteiger partial charge on any atom is -0.412 e. The highest BCUT2D eigenvalue weighted by molar-refractivity contribution is 5.82. The number of carbonyl (C=O) groups excluding carboxylic acids is 1. The van der Waals surface area contributed by atoms with Crippen LogP contribution in [0.5, 0.6) is 0 Å². The summed E-state index contributed by atoms with van der Waals surface area (Å²) in [5.41, 5.74) is 6.41. The lowest BCUT2D eigenvalue weighted by Gasteiger charge is -2.18. The van der Waals surface area contributed by atoms with Crippen LogP contribution in [0.3, 0.4) is 0 Å². The highest BCUT2D eigenvalue weighted by Crippen LogP contribution is 2.32. The summed E-state index contributed by atoms with van der Waals surface area (Å²) >= 11 is 0. The highest BCUT2D eigenvalue weighted by atomic mass is 16.6. The second kappa shape index (κ2) is 6.04. The molecule has 11 nitrogen and oxygen atoms in total. The van der Waals surface area contributed by atoms with Gasteiger partial charge >= 0.3 is 0 Å². The summed E-state index contributed by atoms with van der Waals surface area (Å²) in [5.74, 6) is -0.245. The van der Waals surface area contributed by atoms with Crippen LogP contribution >= 0.6 is 0 Å². The molecule has 1 amide bonds. The molecule has 1 fully saturated rings. The number of aliphatic hydroxyl groups is 2. The molecule has 0 spiro atoms. The van der Waals surface area contributed by atoms with Gasteiger partial charge in [0.25, 0.3) is 5.91 Å². The number of amides is 1. The number of rotatable bonds is 2. The molecule has 6 N–H and O–H groups in total. The second-order valence-electron chi connectivity index (χ2n) is 5.24. The van der Waals surface area contributed by atoms with Gasteiger partial charge in [-0.3, -0.25) is 9.36 Å². The van der Waals surface area contributed by atoms with Crippen molar-refractivity contribution in [3.05, 3.63) is 12.7 Å². The molecular formula is C12H18N6O5. The van der Waals surface area contributed by atoms with E-state index in [0.29, 0.717) is 11.2 Å². The molecule has 126 valence electrons. The normalized spacial score (nSPS) is 27.0. The van der Waals surface area contributed by atoms with E-state index in [2.05, 4.69) is 15.0 Å². The maximum Gasteiger partial charge on any atom is 0.254 e. The van der Waals surface area contributed by atoms with Gasteiger partial charge < -0.3 is 31.1 Å². The third-order valence-corrected chi connectivity index (χ3v) is 3.58. The third-order valence-electron chi connectivity index (χ3n) is 3.58. The Labute approximate surface area is 130 Å². The molecule has 0 saturated carbocycles. The standard InChI is InChI=1S/C12H16N6O4.H2O/c1-17(2)11(21)8-6(19)7(20)12(22-8)18-4-16-5-9(13)14-3-15-10(5)18;/h3-4,6-8,12,19-20H,1-2H3,(H2,13,14,15);1H2/t6-,7+,8-,12?;/m0./s1. The molecule has 3 heterocycles. The number of hydrogen-bond donors (Lipinski definition) is 3. The average molecular weight is 326 g/mol. The predicted molar refractivity (Wildman–Crippen MR) is 78.0 cm³/mol. The van der Waals surface area contributed by atoms with Gasteiger partial charge in [-0.1, -0.05) is 0 Å². The Bertz CT molecular complexity index is 719. The quantitative estimate of drug-likeness (QED) is 0.534. The second-order valence-corrected chi connectivity index (χ2v) is 5.24. The summed E-state index contributed by atoms with van der Waals surface area (Å²) in [6.07, 6.45) is -2.18. The molecule has 11 heteroatoms. The number of nitrogens with two attached hydrogens (primary N) is 1. The summed E-state index contributed by atoms with van der Waals surface area (Å²) in [5, 5.41) is 20.2. The van der Waals surface area contributed by atoms with E-state index in [9.17, 15) is 15.0 Å². The summed E-state index contributed by atoms with van der Waals surface area (Å²) in [7, 11) is 3.08. The van der Waals surface area contributed by atoms with Crippen molar-refractivity contribution in [2.45, 2.75) is 24.5 Å². The van der Waals surface area contributed by atoms with E-state index in [4.69, 9.17) is 10.5 Å². The van der Waals surface area contributed by atoms with E-state index in [1.807, 2.05) is 0 Å². The van der Waals surface area contributed by atoms with Crippen molar-refractivity contribution in [1.82, 2.24) is 24.4 Å². The van der Waals surface area contributed by atoms with Gasteiger partial charge in [0.05, 0.1) is 6.33 Å². The van der Waals surface area contributed by atoms with Crippen LogP contribution in [0, 0.1) is 0 Å². The number of carbonyl (C=O) groups is 1. The smallest absolute Gasteiger partial charge is 0.254 e. The molecule has 0 aromatic carbocycles. The van der Waals surface area contributed by atoms with Gasteiger partial charge in [0.1, 0.15) is 24.1 Å². The zero-order valence-corrected chi connectivity index (χ0v) is 12.5. The van der Waals surface area contributed by atoms with E-state index in [1.54, 1.807) is 14.1 Å². The maximum atomic E-state index is 12.0. The zero-order valence-electron chi connectivity index (χ0n) is 12.5. The highest BCUT2D eigenvalue weighted by Gasteiger charge is 2.48. The van der Waals surface area contributed by atoms with Gasteiger partial charge in [0, 0.05) is 14.1 Å². The average Bonchev–Trinajstić information content (AvgIpc) is 3.02. The molecule has 0 radical (unpaired) electrons. The molecule has 3 rings (SSSR count). The molecule has 1 aliphatic heterocycles. The number of ether oxygens (including phenoxy) is 1. The summed E-state index contributed by atoms with van der Waals surface area (Å²) in [6.45, 7) is 0. The first-order valence-electron chi connectivity index (χ1n) is 6.57. The fraction of sp³-hybridized carbons (Fsp3) is 0.500. The first-order valence-corrected chi connectivity index (χ1v) is 6.57. The predicted octanol–water partition coefficient (Wildman–Crippen LogP) is -2.71. The Morgan fingerprint density at radius 2 is 2.00 bits per heavy atom. The Balaban J connectivity index is 0.00000192. The van der Waals surface area contributed by atoms with Crippen LogP contribution in [-0.4, -0.2) is 78.4 Å². The molecule has 0 bridgehead atoms. The summed E-state index contributed by atoms with van der Waals surface area (Å²) in [4.78, 5) is 25.2. The van der Waals surface area contributed by atoms with Gasteiger partial charge in [-0.25, -0.2) is 15.0 Å². The number of nitrogens with zero attached hydrogens (tertiary/aromatic N) is 5. The van der Waals surface area contributed by atoms with Crippen LogP contribution in [-0.2, 0) is 9.53 Å². The Hall–Kier alpha value is -2.34. The maximum absolute atomic E-state index is 12.0.